The summed E-state index contributed by atoms with van der Waals surface area (Å²) in [5.74, 6) is -0.174. The number of hydrogen-bond donors (Lipinski definition) is 2. The molecule has 0 aliphatic heterocycles. The van der Waals surface area contributed by atoms with E-state index in [-0.39, 0.29) is 18.1 Å². The Morgan fingerprint density at radius 2 is 1.85 bits per heavy atom. The molecule has 0 heterocycles. The Hall–Kier alpha value is -2.39. The lowest BCUT2D eigenvalue weighted by atomic mass is 10.1. The molecule has 20 heavy (non-hydrogen) atoms. The third-order valence-electron chi connectivity index (χ3n) is 3.04. The first-order valence-corrected chi connectivity index (χ1v) is 6.32. The van der Waals surface area contributed by atoms with Crippen molar-refractivity contribution in [2.24, 2.45) is 0 Å². The summed E-state index contributed by atoms with van der Waals surface area (Å²) in [6.07, 6.45) is 3.23. The van der Waals surface area contributed by atoms with Crippen molar-refractivity contribution in [2.45, 2.75) is 13.5 Å². The summed E-state index contributed by atoms with van der Waals surface area (Å²) in [5.41, 5.74) is 2.90. The van der Waals surface area contributed by atoms with Crippen LogP contribution < -0.4 is 0 Å². The lowest BCUT2D eigenvalue weighted by Crippen LogP contribution is -1.96. The van der Waals surface area contributed by atoms with Gasteiger partial charge in [0.25, 0.3) is 0 Å². The highest BCUT2D eigenvalue weighted by atomic mass is 16.3. The largest absolute Gasteiger partial charge is 0.508 e. The van der Waals surface area contributed by atoms with E-state index in [1.807, 2.05) is 31.2 Å². The Kier molecular flexibility index (Phi) is 4.33. The summed E-state index contributed by atoms with van der Waals surface area (Å²) in [4.78, 5) is 12.0. The van der Waals surface area contributed by atoms with Gasteiger partial charge in [0.05, 0.1) is 6.61 Å². The molecule has 102 valence electrons. The number of rotatable bonds is 4. The van der Waals surface area contributed by atoms with Gasteiger partial charge < -0.3 is 10.2 Å². The quantitative estimate of drug-likeness (QED) is 0.661. The van der Waals surface area contributed by atoms with Crippen molar-refractivity contribution in [2.75, 3.05) is 0 Å². The Balaban J connectivity index is 2.17. The molecule has 0 aromatic heterocycles. The Labute approximate surface area is 117 Å². The van der Waals surface area contributed by atoms with Gasteiger partial charge in [-0.15, -0.1) is 0 Å². The Morgan fingerprint density at radius 3 is 2.50 bits per heavy atom. The summed E-state index contributed by atoms with van der Waals surface area (Å²) in [6.45, 7) is 1.71. The maximum atomic E-state index is 12.0. The number of aryl methyl sites for hydroxylation is 1. The average Bonchev–Trinajstić information content (AvgIpc) is 2.47. The van der Waals surface area contributed by atoms with Gasteiger partial charge in [-0.25, -0.2) is 0 Å². The van der Waals surface area contributed by atoms with Crippen molar-refractivity contribution in [3.63, 3.8) is 0 Å². The van der Waals surface area contributed by atoms with Crippen LogP contribution in [0, 0.1) is 6.92 Å². The molecule has 0 radical (unpaired) electrons. The average molecular weight is 268 g/mol. The summed E-state index contributed by atoms with van der Waals surface area (Å²) in [5, 5.41) is 18.5. The van der Waals surface area contributed by atoms with Crippen LogP contribution in [0.15, 0.2) is 48.5 Å². The van der Waals surface area contributed by atoms with Crippen LogP contribution >= 0.6 is 0 Å². The number of aliphatic hydroxyl groups excluding tert-OH is 1. The van der Waals surface area contributed by atoms with Crippen LogP contribution in [0.25, 0.3) is 6.08 Å². The number of carbonyl (C=O) groups is 1. The molecule has 2 aromatic rings. The van der Waals surface area contributed by atoms with Gasteiger partial charge in [-0.1, -0.05) is 35.9 Å². The molecule has 0 unspecified atom stereocenters. The van der Waals surface area contributed by atoms with E-state index in [1.54, 1.807) is 6.08 Å². The second-order valence-corrected chi connectivity index (χ2v) is 4.61. The zero-order valence-electron chi connectivity index (χ0n) is 11.2. The topological polar surface area (TPSA) is 57.5 Å². The number of phenols is 1. The standard InChI is InChI=1S/C17H16O3/c1-12-2-4-13(5-3-12)6-8-16(19)14-7-9-17(20)15(10-14)11-18/h2-10,18,20H,11H2,1H3/b8-6+. The van der Waals surface area contributed by atoms with Gasteiger partial charge in [-0.05, 0) is 36.8 Å². The second kappa shape index (κ2) is 6.17. The lowest BCUT2D eigenvalue weighted by molar-refractivity contribution is 0.104. The first-order chi connectivity index (χ1) is 9.60. The molecule has 0 saturated heterocycles. The van der Waals surface area contributed by atoms with Gasteiger partial charge in [0.15, 0.2) is 5.78 Å². The van der Waals surface area contributed by atoms with Crippen LogP contribution in [0.1, 0.15) is 27.0 Å². The van der Waals surface area contributed by atoms with Gasteiger partial charge in [-0.3, -0.25) is 4.79 Å². The third-order valence-corrected chi connectivity index (χ3v) is 3.04. The van der Waals surface area contributed by atoms with Crippen LogP contribution in [0.3, 0.4) is 0 Å². The fourth-order valence-electron chi connectivity index (χ4n) is 1.81. The highest BCUT2D eigenvalue weighted by Crippen LogP contribution is 2.19. The van der Waals surface area contributed by atoms with Crippen molar-refractivity contribution in [1.82, 2.24) is 0 Å². The molecule has 0 atom stereocenters. The molecule has 0 spiro atoms. The maximum absolute atomic E-state index is 12.0. The molecule has 0 aliphatic rings. The van der Waals surface area contributed by atoms with Crippen LogP contribution in [-0.2, 0) is 6.61 Å². The normalized spacial score (nSPS) is 10.9. The number of aliphatic hydroxyl groups is 1. The second-order valence-electron chi connectivity index (χ2n) is 4.61. The fraction of sp³-hybridized carbons (Fsp3) is 0.118. The lowest BCUT2D eigenvalue weighted by Gasteiger charge is -2.03. The van der Waals surface area contributed by atoms with Crippen LogP contribution in [0.2, 0.25) is 0 Å². The van der Waals surface area contributed by atoms with E-state index >= 15 is 0 Å². The SMILES string of the molecule is Cc1ccc(/C=C/C(=O)c2ccc(O)c(CO)c2)cc1. The number of carbonyl (C=O) groups excluding carboxylic acids is 1. The van der Waals surface area contributed by atoms with E-state index in [2.05, 4.69) is 0 Å². The van der Waals surface area contributed by atoms with Crippen LogP contribution in [0.5, 0.6) is 5.75 Å². The summed E-state index contributed by atoms with van der Waals surface area (Å²) in [7, 11) is 0. The highest BCUT2D eigenvalue weighted by molar-refractivity contribution is 6.07. The van der Waals surface area contributed by atoms with Crippen molar-refractivity contribution < 1.29 is 15.0 Å². The van der Waals surface area contributed by atoms with Crippen molar-refractivity contribution in [3.8, 4) is 5.75 Å². The Morgan fingerprint density at radius 1 is 1.15 bits per heavy atom. The first-order valence-electron chi connectivity index (χ1n) is 6.32. The minimum Gasteiger partial charge on any atom is -0.508 e. The van der Waals surface area contributed by atoms with Crippen molar-refractivity contribution in [3.05, 3.63) is 70.8 Å². The molecule has 3 nitrogen and oxygen atoms in total. The molecule has 0 aliphatic carbocycles. The van der Waals surface area contributed by atoms with Gasteiger partial charge in [0, 0.05) is 11.1 Å². The van der Waals surface area contributed by atoms with E-state index in [9.17, 15) is 9.90 Å². The summed E-state index contributed by atoms with van der Waals surface area (Å²) >= 11 is 0. The van der Waals surface area contributed by atoms with E-state index in [0.717, 1.165) is 5.56 Å². The highest BCUT2D eigenvalue weighted by Gasteiger charge is 2.06. The number of allylic oxidation sites excluding steroid dienone is 1. The molecule has 0 fully saturated rings. The molecular weight excluding hydrogens is 252 g/mol. The number of hydrogen-bond acceptors (Lipinski definition) is 3. The fourth-order valence-corrected chi connectivity index (χ4v) is 1.81. The van der Waals surface area contributed by atoms with Crippen molar-refractivity contribution >= 4 is 11.9 Å². The maximum Gasteiger partial charge on any atom is 0.185 e. The molecule has 2 rings (SSSR count). The van der Waals surface area contributed by atoms with Gasteiger partial charge in [-0.2, -0.15) is 0 Å². The molecule has 2 aromatic carbocycles. The molecule has 3 heteroatoms. The monoisotopic (exact) mass is 268 g/mol. The molecule has 2 N–H and O–H groups in total. The van der Waals surface area contributed by atoms with E-state index < -0.39 is 0 Å². The van der Waals surface area contributed by atoms with Crippen LogP contribution in [0.4, 0.5) is 0 Å². The zero-order valence-corrected chi connectivity index (χ0v) is 11.2. The summed E-state index contributed by atoms with van der Waals surface area (Å²) in [6, 6.07) is 12.3. The first kappa shape index (κ1) is 14.0. The van der Waals surface area contributed by atoms with Crippen LogP contribution in [-0.4, -0.2) is 16.0 Å². The Bertz CT molecular complexity index is 640. The zero-order chi connectivity index (χ0) is 14.5. The third kappa shape index (κ3) is 3.33. The number of ketones is 1. The minimum atomic E-state index is -0.297. The molecule has 0 bridgehead atoms. The van der Waals surface area contributed by atoms with Gasteiger partial charge in [0.1, 0.15) is 5.75 Å². The predicted molar refractivity (Wildman–Crippen MR) is 78.6 cm³/mol. The smallest absolute Gasteiger partial charge is 0.185 e. The van der Waals surface area contributed by atoms with E-state index in [0.29, 0.717) is 11.1 Å². The molecule has 0 saturated carbocycles. The van der Waals surface area contributed by atoms with E-state index in [1.165, 1.54) is 29.8 Å². The predicted octanol–water partition coefficient (Wildman–Crippen LogP) is 3.09. The van der Waals surface area contributed by atoms with Gasteiger partial charge in [0.2, 0.25) is 0 Å². The molecular formula is C17H16O3. The van der Waals surface area contributed by atoms with Gasteiger partial charge >= 0.3 is 0 Å². The molecule has 0 amide bonds. The van der Waals surface area contributed by atoms with E-state index in [4.69, 9.17) is 5.11 Å². The summed E-state index contributed by atoms with van der Waals surface area (Å²) < 4.78 is 0. The van der Waals surface area contributed by atoms with Crippen molar-refractivity contribution in [1.29, 1.82) is 0 Å². The minimum absolute atomic E-state index is 0.00781. The number of aromatic hydroxyl groups is 1. The number of benzene rings is 2.